The second-order valence-electron chi connectivity index (χ2n) is 4.60. The summed E-state index contributed by atoms with van der Waals surface area (Å²) in [5.74, 6) is 0.792. The molecule has 0 radical (unpaired) electrons. The van der Waals surface area contributed by atoms with Gasteiger partial charge in [-0.2, -0.15) is 0 Å². The van der Waals surface area contributed by atoms with Crippen molar-refractivity contribution in [3.63, 3.8) is 0 Å². The Balaban J connectivity index is 2.45. The number of benzene rings is 1. The van der Waals surface area contributed by atoms with Crippen LogP contribution in [0, 0.1) is 6.92 Å². The average Bonchev–Trinajstić information content (AvgIpc) is 2.82. The molecule has 1 heterocycles. The van der Waals surface area contributed by atoms with E-state index >= 15 is 0 Å². The Kier molecular flexibility index (Phi) is 3.60. The van der Waals surface area contributed by atoms with Crippen molar-refractivity contribution in [1.29, 1.82) is 0 Å². The number of rotatable bonds is 4. The third-order valence-corrected chi connectivity index (χ3v) is 3.23. The maximum absolute atomic E-state index is 5.93. The first kappa shape index (κ1) is 12.5. The smallest absolute Gasteiger partial charge is 0.182 e. The Hall–Kier alpha value is -1.91. The summed E-state index contributed by atoms with van der Waals surface area (Å²) < 4.78 is 1.88. The van der Waals surface area contributed by atoms with Crippen molar-refractivity contribution in [2.24, 2.45) is 0 Å². The van der Waals surface area contributed by atoms with Crippen LogP contribution in [-0.2, 0) is 0 Å². The van der Waals surface area contributed by atoms with Gasteiger partial charge in [-0.25, -0.2) is 4.68 Å². The van der Waals surface area contributed by atoms with Crippen molar-refractivity contribution in [2.75, 3.05) is 5.73 Å². The van der Waals surface area contributed by atoms with Crippen molar-refractivity contribution in [3.8, 4) is 11.4 Å². The molecule has 0 aliphatic carbocycles. The van der Waals surface area contributed by atoms with E-state index in [0.717, 1.165) is 35.5 Å². The molecule has 2 N–H and O–H groups in total. The summed E-state index contributed by atoms with van der Waals surface area (Å²) in [5, 5.41) is 12.0. The summed E-state index contributed by atoms with van der Waals surface area (Å²) in [6.45, 7) is 6.28. The molecule has 5 heteroatoms. The molecule has 0 aliphatic heterocycles. The van der Waals surface area contributed by atoms with E-state index in [0.29, 0.717) is 6.04 Å². The lowest BCUT2D eigenvalue weighted by Crippen LogP contribution is -2.09. The maximum Gasteiger partial charge on any atom is 0.182 e. The van der Waals surface area contributed by atoms with Crippen molar-refractivity contribution >= 4 is 5.69 Å². The molecule has 5 nitrogen and oxygen atoms in total. The van der Waals surface area contributed by atoms with Crippen LogP contribution < -0.4 is 5.73 Å². The standard InChI is InChI=1S/C13H19N5/c1-4-6-9(2)18-13(15-16-17-18)11-7-5-8-12(14)10(11)3/h5,7-9H,4,6,14H2,1-3H3. The van der Waals surface area contributed by atoms with Crippen LogP contribution >= 0.6 is 0 Å². The van der Waals surface area contributed by atoms with Gasteiger partial charge in [0.05, 0.1) is 6.04 Å². The summed E-state index contributed by atoms with van der Waals surface area (Å²) >= 11 is 0. The lowest BCUT2D eigenvalue weighted by atomic mass is 10.1. The average molecular weight is 245 g/mol. The summed E-state index contributed by atoms with van der Waals surface area (Å²) in [4.78, 5) is 0. The van der Waals surface area contributed by atoms with E-state index in [-0.39, 0.29) is 0 Å². The second-order valence-corrected chi connectivity index (χ2v) is 4.60. The number of hydrogen-bond donors (Lipinski definition) is 1. The molecule has 0 aliphatic rings. The fraction of sp³-hybridized carbons (Fsp3) is 0.462. The molecule has 1 atom stereocenters. The Morgan fingerprint density at radius 1 is 1.39 bits per heavy atom. The summed E-state index contributed by atoms with van der Waals surface area (Å²) in [6, 6.07) is 6.12. The minimum atomic E-state index is 0.292. The molecule has 0 saturated heterocycles. The highest BCUT2D eigenvalue weighted by Crippen LogP contribution is 2.27. The van der Waals surface area contributed by atoms with Crippen LogP contribution in [0.5, 0.6) is 0 Å². The molecule has 2 aromatic rings. The van der Waals surface area contributed by atoms with Gasteiger partial charge in [0.2, 0.25) is 0 Å². The van der Waals surface area contributed by atoms with Gasteiger partial charge in [-0.3, -0.25) is 0 Å². The zero-order chi connectivity index (χ0) is 13.1. The van der Waals surface area contributed by atoms with Gasteiger partial charge < -0.3 is 5.73 Å². The minimum absolute atomic E-state index is 0.292. The maximum atomic E-state index is 5.93. The van der Waals surface area contributed by atoms with Crippen LogP contribution in [0.2, 0.25) is 0 Å². The lowest BCUT2D eigenvalue weighted by Gasteiger charge is -2.13. The molecule has 18 heavy (non-hydrogen) atoms. The van der Waals surface area contributed by atoms with Crippen LogP contribution in [-0.4, -0.2) is 20.2 Å². The van der Waals surface area contributed by atoms with Crippen LogP contribution in [0.3, 0.4) is 0 Å². The molecule has 0 spiro atoms. The highest BCUT2D eigenvalue weighted by molar-refractivity contribution is 5.67. The normalized spacial score (nSPS) is 12.6. The van der Waals surface area contributed by atoms with Gasteiger partial charge in [-0.1, -0.05) is 25.5 Å². The zero-order valence-corrected chi connectivity index (χ0v) is 11.1. The quantitative estimate of drug-likeness (QED) is 0.840. The van der Waals surface area contributed by atoms with Crippen molar-refractivity contribution < 1.29 is 0 Å². The van der Waals surface area contributed by atoms with E-state index in [1.165, 1.54) is 0 Å². The van der Waals surface area contributed by atoms with Crippen molar-refractivity contribution in [3.05, 3.63) is 23.8 Å². The fourth-order valence-electron chi connectivity index (χ4n) is 2.10. The topological polar surface area (TPSA) is 69.6 Å². The van der Waals surface area contributed by atoms with Gasteiger partial charge in [0.15, 0.2) is 5.82 Å². The van der Waals surface area contributed by atoms with E-state index in [1.807, 2.05) is 29.8 Å². The van der Waals surface area contributed by atoms with Gasteiger partial charge >= 0.3 is 0 Å². The summed E-state index contributed by atoms with van der Waals surface area (Å²) in [7, 11) is 0. The fourth-order valence-corrected chi connectivity index (χ4v) is 2.10. The molecular formula is C13H19N5. The van der Waals surface area contributed by atoms with E-state index < -0.39 is 0 Å². The molecule has 0 fully saturated rings. The monoisotopic (exact) mass is 245 g/mol. The molecule has 1 aromatic carbocycles. The number of nitrogens with zero attached hydrogens (tertiary/aromatic N) is 4. The van der Waals surface area contributed by atoms with Crippen LogP contribution in [0.1, 0.15) is 38.3 Å². The molecule has 0 saturated carbocycles. The highest BCUT2D eigenvalue weighted by atomic mass is 15.5. The number of nitrogen functional groups attached to an aromatic ring is 1. The summed E-state index contributed by atoms with van der Waals surface area (Å²) in [5.41, 5.74) is 8.73. The van der Waals surface area contributed by atoms with Gasteiger partial charge in [0, 0.05) is 11.3 Å². The Morgan fingerprint density at radius 3 is 2.89 bits per heavy atom. The summed E-state index contributed by atoms with van der Waals surface area (Å²) in [6.07, 6.45) is 2.16. The number of aromatic nitrogens is 4. The van der Waals surface area contributed by atoms with Crippen molar-refractivity contribution in [2.45, 2.75) is 39.7 Å². The Morgan fingerprint density at radius 2 is 2.17 bits per heavy atom. The molecule has 0 bridgehead atoms. The minimum Gasteiger partial charge on any atom is -0.398 e. The number of anilines is 1. The van der Waals surface area contributed by atoms with E-state index in [4.69, 9.17) is 5.73 Å². The third-order valence-electron chi connectivity index (χ3n) is 3.23. The lowest BCUT2D eigenvalue weighted by molar-refractivity contribution is 0.447. The van der Waals surface area contributed by atoms with E-state index in [9.17, 15) is 0 Å². The van der Waals surface area contributed by atoms with Crippen LogP contribution in [0.4, 0.5) is 5.69 Å². The second kappa shape index (κ2) is 5.16. The molecule has 0 amide bonds. The van der Waals surface area contributed by atoms with Crippen LogP contribution in [0.15, 0.2) is 18.2 Å². The van der Waals surface area contributed by atoms with Gasteiger partial charge in [-0.15, -0.1) is 5.10 Å². The number of hydrogen-bond acceptors (Lipinski definition) is 4. The third kappa shape index (κ3) is 2.20. The van der Waals surface area contributed by atoms with E-state index in [2.05, 4.69) is 29.4 Å². The van der Waals surface area contributed by atoms with Crippen molar-refractivity contribution in [1.82, 2.24) is 20.2 Å². The van der Waals surface area contributed by atoms with E-state index in [1.54, 1.807) is 0 Å². The van der Waals surface area contributed by atoms with Gasteiger partial charge in [0.25, 0.3) is 0 Å². The first-order valence-corrected chi connectivity index (χ1v) is 6.28. The van der Waals surface area contributed by atoms with Crippen LogP contribution in [0.25, 0.3) is 11.4 Å². The molecule has 1 unspecified atom stereocenters. The molecular weight excluding hydrogens is 226 g/mol. The Bertz CT molecular complexity index is 532. The van der Waals surface area contributed by atoms with Gasteiger partial charge in [0.1, 0.15) is 0 Å². The highest BCUT2D eigenvalue weighted by Gasteiger charge is 2.16. The first-order chi connectivity index (χ1) is 8.65. The zero-order valence-electron chi connectivity index (χ0n) is 11.1. The number of nitrogens with two attached hydrogens (primary N) is 1. The number of tetrazole rings is 1. The largest absolute Gasteiger partial charge is 0.398 e. The Labute approximate surface area is 107 Å². The molecule has 2 rings (SSSR count). The molecule has 1 aromatic heterocycles. The molecule has 96 valence electrons. The van der Waals surface area contributed by atoms with Gasteiger partial charge in [-0.05, 0) is 42.3 Å². The predicted molar refractivity (Wildman–Crippen MR) is 72.0 cm³/mol. The predicted octanol–water partition coefficient (Wildman–Crippen LogP) is 2.59. The first-order valence-electron chi connectivity index (χ1n) is 6.28. The SMILES string of the molecule is CCCC(C)n1nnnc1-c1cccc(N)c1C.